The van der Waals surface area contributed by atoms with Gasteiger partial charge in [-0.05, 0) is 36.2 Å². The van der Waals surface area contributed by atoms with Crippen LogP contribution in [0, 0.1) is 5.82 Å². The molecule has 8 heteroatoms. The molecule has 0 aliphatic heterocycles. The molecule has 3 rings (SSSR count). The number of pyridine rings is 1. The molecular formula is C24H28FIN4O2. The number of aliphatic imine (C=N–C) groups is 1. The average molecular weight is 550 g/mol. The Balaban J connectivity index is 0.00000363. The molecule has 2 N–H and O–H groups in total. The summed E-state index contributed by atoms with van der Waals surface area (Å²) >= 11 is 0. The zero-order valence-electron chi connectivity index (χ0n) is 18.1. The Bertz CT molecular complexity index is 1070. The third kappa shape index (κ3) is 7.67. The van der Waals surface area contributed by atoms with Gasteiger partial charge in [-0.3, -0.25) is 9.79 Å². The molecule has 3 aromatic rings. The maximum absolute atomic E-state index is 13.7. The van der Waals surface area contributed by atoms with Gasteiger partial charge in [0.1, 0.15) is 6.10 Å². The standard InChI is InChI=1S/C24H27FN4O2.HI/c1-18(31-22-8-4-3-7-21(22)25)15-27-24(26-2)28-16-19-10-12-20(13-11-19)17-29-14-6-5-9-23(29)30;/h3-14,18H,15-17H2,1-2H3,(H2,26,27,28);1H. The number of hydrogen-bond acceptors (Lipinski definition) is 3. The van der Waals surface area contributed by atoms with E-state index in [0.29, 0.717) is 25.6 Å². The molecule has 0 fully saturated rings. The van der Waals surface area contributed by atoms with E-state index in [1.807, 2.05) is 37.3 Å². The van der Waals surface area contributed by atoms with Crippen LogP contribution < -0.4 is 20.9 Å². The SMILES string of the molecule is CN=C(NCc1ccc(Cn2ccccc2=O)cc1)NCC(C)Oc1ccccc1F.I. The van der Waals surface area contributed by atoms with Crippen molar-refractivity contribution in [3.05, 3.63) is 100 Å². The highest BCUT2D eigenvalue weighted by molar-refractivity contribution is 14.0. The molecule has 0 saturated carbocycles. The van der Waals surface area contributed by atoms with Gasteiger partial charge >= 0.3 is 0 Å². The van der Waals surface area contributed by atoms with Gasteiger partial charge in [0.25, 0.3) is 5.56 Å². The summed E-state index contributed by atoms with van der Waals surface area (Å²) in [6, 6.07) is 19.6. The van der Waals surface area contributed by atoms with Gasteiger partial charge in [0, 0.05) is 25.9 Å². The molecule has 0 radical (unpaired) electrons. The van der Waals surface area contributed by atoms with Crippen LogP contribution in [0.4, 0.5) is 4.39 Å². The highest BCUT2D eigenvalue weighted by Crippen LogP contribution is 2.16. The van der Waals surface area contributed by atoms with Gasteiger partial charge in [0.15, 0.2) is 17.5 Å². The number of benzene rings is 2. The number of guanidine groups is 1. The Morgan fingerprint density at radius 2 is 1.72 bits per heavy atom. The summed E-state index contributed by atoms with van der Waals surface area (Å²) in [5, 5.41) is 6.43. The molecule has 0 saturated heterocycles. The molecular weight excluding hydrogens is 522 g/mol. The highest BCUT2D eigenvalue weighted by atomic mass is 127. The van der Waals surface area contributed by atoms with E-state index in [1.165, 1.54) is 6.07 Å². The molecule has 6 nitrogen and oxygen atoms in total. The van der Waals surface area contributed by atoms with Crippen LogP contribution in [0.2, 0.25) is 0 Å². The molecule has 0 aliphatic carbocycles. The molecule has 0 amide bonds. The van der Waals surface area contributed by atoms with Crippen molar-refractivity contribution < 1.29 is 9.13 Å². The Morgan fingerprint density at radius 1 is 1.03 bits per heavy atom. The normalized spacial score (nSPS) is 11.9. The number of nitrogens with one attached hydrogen (secondary N) is 2. The maximum Gasteiger partial charge on any atom is 0.250 e. The topological polar surface area (TPSA) is 67.7 Å². The second-order valence-corrected chi connectivity index (χ2v) is 7.15. The Kier molecular flexibility index (Phi) is 10.2. The van der Waals surface area contributed by atoms with Crippen LogP contribution in [0.25, 0.3) is 0 Å². The number of hydrogen-bond donors (Lipinski definition) is 2. The van der Waals surface area contributed by atoms with Gasteiger partial charge in [-0.15, -0.1) is 24.0 Å². The van der Waals surface area contributed by atoms with Crippen molar-refractivity contribution in [2.75, 3.05) is 13.6 Å². The highest BCUT2D eigenvalue weighted by Gasteiger charge is 2.09. The van der Waals surface area contributed by atoms with E-state index in [1.54, 1.807) is 48.1 Å². The van der Waals surface area contributed by atoms with E-state index in [0.717, 1.165) is 11.1 Å². The molecule has 1 atom stereocenters. The van der Waals surface area contributed by atoms with Crippen LogP contribution in [-0.2, 0) is 13.1 Å². The predicted octanol–water partition coefficient (Wildman–Crippen LogP) is 3.79. The predicted molar refractivity (Wildman–Crippen MR) is 136 cm³/mol. The molecule has 0 aliphatic rings. The molecule has 32 heavy (non-hydrogen) atoms. The number of aromatic nitrogens is 1. The average Bonchev–Trinajstić information content (AvgIpc) is 2.78. The van der Waals surface area contributed by atoms with Crippen molar-refractivity contribution >= 4 is 29.9 Å². The van der Waals surface area contributed by atoms with E-state index in [4.69, 9.17) is 4.74 Å². The number of para-hydroxylation sites is 1. The lowest BCUT2D eigenvalue weighted by atomic mass is 10.1. The Labute approximate surface area is 204 Å². The lowest BCUT2D eigenvalue weighted by Gasteiger charge is -2.18. The van der Waals surface area contributed by atoms with Crippen molar-refractivity contribution in [2.24, 2.45) is 4.99 Å². The second kappa shape index (κ2) is 12.8. The van der Waals surface area contributed by atoms with Crippen molar-refractivity contribution in [1.82, 2.24) is 15.2 Å². The molecule has 2 aromatic carbocycles. The van der Waals surface area contributed by atoms with E-state index >= 15 is 0 Å². The van der Waals surface area contributed by atoms with Crippen molar-refractivity contribution in [2.45, 2.75) is 26.1 Å². The molecule has 1 heterocycles. The fourth-order valence-electron chi connectivity index (χ4n) is 3.00. The molecule has 0 spiro atoms. The first-order valence-corrected chi connectivity index (χ1v) is 10.1. The number of ether oxygens (including phenoxy) is 1. The molecule has 1 unspecified atom stereocenters. The third-order valence-electron chi connectivity index (χ3n) is 4.68. The summed E-state index contributed by atoms with van der Waals surface area (Å²) < 4.78 is 21.0. The zero-order chi connectivity index (χ0) is 22.1. The number of rotatable bonds is 8. The summed E-state index contributed by atoms with van der Waals surface area (Å²) in [7, 11) is 1.69. The smallest absolute Gasteiger partial charge is 0.250 e. The van der Waals surface area contributed by atoms with Crippen LogP contribution >= 0.6 is 24.0 Å². The molecule has 1 aromatic heterocycles. The van der Waals surface area contributed by atoms with Crippen LogP contribution in [-0.4, -0.2) is 30.2 Å². The molecule has 170 valence electrons. The number of nitrogens with zero attached hydrogens (tertiary/aromatic N) is 2. The summed E-state index contributed by atoms with van der Waals surface area (Å²) in [5.74, 6) is 0.485. The van der Waals surface area contributed by atoms with Gasteiger partial charge in [-0.1, -0.05) is 42.5 Å². The fraction of sp³-hybridized carbons (Fsp3) is 0.250. The fourth-order valence-corrected chi connectivity index (χ4v) is 3.00. The summed E-state index contributed by atoms with van der Waals surface area (Å²) in [6.07, 6.45) is 1.54. The first kappa shape index (κ1) is 25.4. The van der Waals surface area contributed by atoms with Gasteiger partial charge in [0.2, 0.25) is 0 Å². The van der Waals surface area contributed by atoms with Gasteiger partial charge in [0.05, 0.1) is 13.1 Å². The summed E-state index contributed by atoms with van der Waals surface area (Å²) in [5.41, 5.74) is 2.12. The van der Waals surface area contributed by atoms with Crippen molar-refractivity contribution in [3.8, 4) is 5.75 Å². The number of halogens is 2. The van der Waals surface area contributed by atoms with Crippen molar-refractivity contribution in [3.63, 3.8) is 0 Å². The first-order valence-electron chi connectivity index (χ1n) is 10.1. The van der Waals surface area contributed by atoms with E-state index in [2.05, 4.69) is 15.6 Å². The minimum atomic E-state index is -0.377. The summed E-state index contributed by atoms with van der Waals surface area (Å²) in [4.78, 5) is 16.0. The minimum absolute atomic E-state index is 0. The van der Waals surface area contributed by atoms with Crippen LogP contribution in [0.5, 0.6) is 5.75 Å². The van der Waals surface area contributed by atoms with E-state index in [-0.39, 0.29) is 47.2 Å². The largest absolute Gasteiger partial charge is 0.486 e. The first-order chi connectivity index (χ1) is 15.0. The Hall–Kier alpha value is -2.88. The van der Waals surface area contributed by atoms with Crippen LogP contribution in [0.3, 0.4) is 0 Å². The van der Waals surface area contributed by atoms with E-state index in [9.17, 15) is 9.18 Å². The van der Waals surface area contributed by atoms with Gasteiger partial charge < -0.3 is 19.9 Å². The Morgan fingerprint density at radius 3 is 2.41 bits per heavy atom. The third-order valence-corrected chi connectivity index (χ3v) is 4.68. The minimum Gasteiger partial charge on any atom is -0.486 e. The maximum atomic E-state index is 13.7. The lowest BCUT2D eigenvalue weighted by molar-refractivity contribution is 0.214. The lowest BCUT2D eigenvalue weighted by Crippen LogP contribution is -2.41. The van der Waals surface area contributed by atoms with Gasteiger partial charge in [-0.25, -0.2) is 4.39 Å². The monoisotopic (exact) mass is 550 g/mol. The quantitative estimate of drug-likeness (QED) is 0.255. The van der Waals surface area contributed by atoms with Crippen LogP contribution in [0.1, 0.15) is 18.1 Å². The molecule has 0 bridgehead atoms. The van der Waals surface area contributed by atoms with Crippen LogP contribution in [0.15, 0.2) is 82.7 Å². The van der Waals surface area contributed by atoms with Crippen molar-refractivity contribution in [1.29, 1.82) is 0 Å². The summed E-state index contributed by atoms with van der Waals surface area (Å²) in [6.45, 7) is 3.46. The second-order valence-electron chi connectivity index (χ2n) is 7.15. The zero-order valence-corrected chi connectivity index (χ0v) is 20.5. The van der Waals surface area contributed by atoms with E-state index < -0.39 is 0 Å². The van der Waals surface area contributed by atoms with Gasteiger partial charge in [-0.2, -0.15) is 0 Å².